The highest BCUT2D eigenvalue weighted by molar-refractivity contribution is 6.39. The zero-order valence-corrected chi connectivity index (χ0v) is 22.1. The van der Waals surface area contributed by atoms with Crippen molar-refractivity contribution in [1.29, 1.82) is 0 Å². The Labute approximate surface area is 230 Å². The molecule has 0 unspecified atom stereocenters. The summed E-state index contributed by atoms with van der Waals surface area (Å²) in [6.45, 7) is 2.18. The van der Waals surface area contributed by atoms with E-state index in [0.717, 1.165) is 26.8 Å². The molecule has 196 valence electrons. The predicted octanol–water partition coefficient (Wildman–Crippen LogP) is 6.31. The highest BCUT2D eigenvalue weighted by Crippen LogP contribution is 2.38. The number of amides is 4. The van der Waals surface area contributed by atoms with E-state index in [9.17, 15) is 14.4 Å². The SMILES string of the molecule is CCc1ccccc1N1C(=O)NC(=O)/C(=C/c2cc(Cl)c(OCc3cccc4ccccc34)c(OC)c2)C1=O. The first kappa shape index (κ1) is 26.0. The van der Waals surface area contributed by atoms with Gasteiger partial charge >= 0.3 is 6.03 Å². The number of rotatable bonds is 7. The van der Waals surface area contributed by atoms with Gasteiger partial charge < -0.3 is 9.47 Å². The van der Waals surface area contributed by atoms with Crippen molar-refractivity contribution in [3.05, 3.63) is 106 Å². The summed E-state index contributed by atoms with van der Waals surface area (Å²) in [4.78, 5) is 39.7. The average molecular weight is 541 g/mol. The van der Waals surface area contributed by atoms with Crippen LogP contribution in [0.2, 0.25) is 5.02 Å². The van der Waals surface area contributed by atoms with E-state index in [-0.39, 0.29) is 17.2 Å². The zero-order chi connectivity index (χ0) is 27.5. The van der Waals surface area contributed by atoms with Crippen molar-refractivity contribution in [2.45, 2.75) is 20.0 Å². The predicted molar refractivity (Wildman–Crippen MR) is 151 cm³/mol. The van der Waals surface area contributed by atoms with Gasteiger partial charge in [-0.25, -0.2) is 9.69 Å². The largest absolute Gasteiger partial charge is 0.493 e. The molecule has 1 aliphatic rings. The second-order valence-corrected chi connectivity index (χ2v) is 9.31. The number of barbiturate groups is 1. The van der Waals surface area contributed by atoms with Crippen molar-refractivity contribution in [3.63, 3.8) is 0 Å². The van der Waals surface area contributed by atoms with Crippen LogP contribution in [-0.2, 0) is 22.6 Å². The summed E-state index contributed by atoms with van der Waals surface area (Å²) in [5.74, 6) is -0.845. The molecule has 1 aliphatic heterocycles. The lowest BCUT2D eigenvalue weighted by Crippen LogP contribution is -2.54. The standard InChI is InChI=1S/C31H25ClN2O5/c1-3-20-9-5-7-14-26(20)34-30(36)24(29(35)33-31(34)37)15-19-16-25(32)28(27(17-19)38-2)39-18-22-12-8-11-21-10-4-6-13-23(21)22/h4-17H,3,18H2,1-2H3,(H,33,35,37)/b24-15-. The van der Waals surface area contributed by atoms with E-state index >= 15 is 0 Å². The molecule has 1 heterocycles. The average Bonchev–Trinajstić information content (AvgIpc) is 2.94. The van der Waals surface area contributed by atoms with Crippen LogP contribution in [0.4, 0.5) is 10.5 Å². The summed E-state index contributed by atoms with van der Waals surface area (Å²) >= 11 is 6.59. The van der Waals surface area contributed by atoms with Gasteiger partial charge in [0.25, 0.3) is 11.8 Å². The van der Waals surface area contributed by atoms with Crippen LogP contribution in [0.15, 0.2) is 84.4 Å². The fourth-order valence-corrected chi connectivity index (χ4v) is 4.88. The van der Waals surface area contributed by atoms with Crippen LogP contribution in [0.25, 0.3) is 16.8 Å². The topological polar surface area (TPSA) is 84.9 Å². The van der Waals surface area contributed by atoms with E-state index in [0.29, 0.717) is 29.2 Å². The van der Waals surface area contributed by atoms with Gasteiger partial charge in [0.1, 0.15) is 12.2 Å². The fraction of sp³-hybridized carbons (Fsp3) is 0.129. The zero-order valence-electron chi connectivity index (χ0n) is 21.4. The van der Waals surface area contributed by atoms with Crippen molar-refractivity contribution < 1.29 is 23.9 Å². The van der Waals surface area contributed by atoms with Gasteiger partial charge in [-0.15, -0.1) is 0 Å². The quantitative estimate of drug-likeness (QED) is 0.219. The molecule has 0 atom stereocenters. The van der Waals surface area contributed by atoms with E-state index < -0.39 is 17.8 Å². The van der Waals surface area contributed by atoms with Gasteiger partial charge in [-0.3, -0.25) is 14.9 Å². The number of fused-ring (bicyclic) bond motifs is 1. The normalized spacial score (nSPS) is 14.6. The molecule has 39 heavy (non-hydrogen) atoms. The Bertz CT molecular complexity index is 1640. The van der Waals surface area contributed by atoms with E-state index in [1.807, 2.05) is 61.5 Å². The van der Waals surface area contributed by atoms with E-state index in [2.05, 4.69) is 5.32 Å². The molecule has 5 rings (SSSR count). The number of para-hydroxylation sites is 1. The Balaban J connectivity index is 1.46. The number of halogens is 1. The van der Waals surface area contributed by atoms with Crippen LogP contribution in [0, 0.1) is 0 Å². The van der Waals surface area contributed by atoms with Crippen molar-refractivity contribution in [3.8, 4) is 11.5 Å². The minimum Gasteiger partial charge on any atom is -0.493 e. The molecule has 0 saturated carbocycles. The smallest absolute Gasteiger partial charge is 0.335 e. The van der Waals surface area contributed by atoms with Crippen LogP contribution in [0.5, 0.6) is 11.5 Å². The van der Waals surface area contributed by atoms with E-state index in [1.165, 1.54) is 13.2 Å². The maximum atomic E-state index is 13.4. The molecule has 4 aromatic rings. The lowest BCUT2D eigenvalue weighted by Gasteiger charge is -2.28. The second kappa shape index (κ2) is 11.0. The first-order chi connectivity index (χ1) is 18.9. The first-order valence-corrected chi connectivity index (χ1v) is 12.8. The molecule has 0 bridgehead atoms. The van der Waals surface area contributed by atoms with Gasteiger partial charge in [0.15, 0.2) is 11.5 Å². The van der Waals surface area contributed by atoms with Gasteiger partial charge in [0.05, 0.1) is 17.8 Å². The Hall–Kier alpha value is -4.62. The molecule has 4 amide bonds. The number of nitrogens with zero attached hydrogens (tertiary/aromatic N) is 1. The summed E-state index contributed by atoms with van der Waals surface area (Å²) < 4.78 is 11.6. The molecule has 8 heteroatoms. The highest BCUT2D eigenvalue weighted by Gasteiger charge is 2.37. The number of anilines is 1. The Morgan fingerprint density at radius 1 is 0.923 bits per heavy atom. The van der Waals surface area contributed by atoms with Crippen LogP contribution in [0.1, 0.15) is 23.6 Å². The summed E-state index contributed by atoms with van der Waals surface area (Å²) in [5.41, 5.74) is 2.44. The maximum Gasteiger partial charge on any atom is 0.335 e. The number of ether oxygens (including phenoxy) is 2. The molecule has 7 nitrogen and oxygen atoms in total. The lowest BCUT2D eigenvalue weighted by atomic mass is 10.0. The third kappa shape index (κ3) is 5.09. The van der Waals surface area contributed by atoms with Gasteiger partial charge in [-0.05, 0) is 58.2 Å². The molecule has 0 aliphatic carbocycles. The van der Waals surface area contributed by atoms with Gasteiger partial charge in [0.2, 0.25) is 0 Å². The molecule has 0 spiro atoms. The van der Waals surface area contributed by atoms with Crippen LogP contribution < -0.4 is 19.7 Å². The molecule has 1 fully saturated rings. The van der Waals surface area contributed by atoms with Crippen molar-refractivity contribution >= 4 is 52.0 Å². The summed E-state index contributed by atoms with van der Waals surface area (Å²) in [5, 5.41) is 4.67. The van der Waals surface area contributed by atoms with Crippen molar-refractivity contribution in [1.82, 2.24) is 5.32 Å². The molecular formula is C31H25ClN2O5. The molecule has 1 N–H and O–H groups in total. The third-order valence-corrected chi connectivity index (χ3v) is 6.81. The Morgan fingerprint density at radius 2 is 1.64 bits per heavy atom. The first-order valence-electron chi connectivity index (χ1n) is 12.4. The van der Waals surface area contributed by atoms with Crippen LogP contribution in [-0.4, -0.2) is 25.0 Å². The Morgan fingerprint density at radius 3 is 2.44 bits per heavy atom. The number of benzene rings is 4. The molecular weight excluding hydrogens is 516 g/mol. The number of nitrogens with one attached hydrogen (secondary N) is 1. The van der Waals surface area contributed by atoms with Crippen LogP contribution in [0.3, 0.4) is 0 Å². The van der Waals surface area contributed by atoms with E-state index in [4.69, 9.17) is 21.1 Å². The minimum absolute atomic E-state index is 0.206. The third-order valence-electron chi connectivity index (χ3n) is 6.53. The summed E-state index contributed by atoms with van der Waals surface area (Å²) in [6.07, 6.45) is 1.99. The van der Waals surface area contributed by atoms with Crippen molar-refractivity contribution in [2.24, 2.45) is 0 Å². The number of carbonyl (C=O) groups excluding carboxylic acids is 3. The molecule has 1 saturated heterocycles. The number of imide groups is 2. The van der Waals surface area contributed by atoms with Crippen LogP contribution >= 0.6 is 11.6 Å². The molecule has 4 aromatic carbocycles. The number of aryl methyl sites for hydroxylation is 1. The van der Waals surface area contributed by atoms with Crippen molar-refractivity contribution in [2.75, 3.05) is 12.0 Å². The number of urea groups is 1. The highest BCUT2D eigenvalue weighted by atomic mass is 35.5. The van der Waals surface area contributed by atoms with Gasteiger partial charge in [0, 0.05) is 0 Å². The van der Waals surface area contributed by atoms with Gasteiger partial charge in [-0.2, -0.15) is 0 Å². The molecule has 0 aromatic heterocycles. The van der Waals surface area contributed by atoms with Gasteiger partial charge in [-0.1, -0.05) is 79.2 Å². The maximum absolute atomic E-state index is 13.4. The number of hydrogen-bond acceptors (Lipinski definition) is 5. The Kier molecular flexibility index (Phi) is 7.34. The second-order valence-electron chi connectivity index (χ2n) is 8.90. The number of methoxy groups -OCH3 is 1. The lowest BCUT2D eigenvalue weighted by molar-refractivity contribution is -0.122. The monoisotopic (exact) mass is 540 g/mol. The minimum atomic E-state index is -0.796. The van der Waals surface area contributed by atoms with E-state index in [1.54, 1.807) is 24.3 Å². The summed E-state index contributed by atoms with van der Waals surface area (Å²) in [6, 6.07) is 23.5. The number of carbonyl (C=O) groups is 3. The number of hydrogen-bond donors (Lipinski definition) is 1. The molecule has 0 radical (unpaired) electrons. The summed E-state index contributed by atoms with van der Waals surface area (Å²) in [7, 11) is 1.48. The fourth-order valence-electron chi connectivity index (χ4n) is 4.60.